The van der Waals surface area contributed by atoms with E-state index in [1.165, 1.54) is 0 Å². The highest BCUT2D eigenvalue weighted by molar-refractivity contribution is 5.90. The summed E-state index contributed by atoms with van der Waals surface area (Å²) in [7, 11) is 0. The van der Waals surface area contributed by atoms with E-state index in [9.17, 15) is 4.79 Å². The molecule has 114 valence electrons. The molecule has 3 N–H and O–H groups in total. The Balaban J connectivity index is 2.03. The molecule has 0 saturated heterocycles. The van der Waals surface area contributed by atoms with Gasteiger partial charge < -0.3 is 15.4 Å². The molecule has 1 aromatic carbocycles. The van der Waals surface area contributed by atoms with Gasteiger partial charge in [0.2, 0.25) is 5.91 Å². The number of benzene rings is 1. The van der Waals surface area contributed by atoms with Crippen molar-refractivity contribution in [1.82, 2.24) is 10.3 Å². The lowest BCUT2D eigenvalue weighted by Crippen LogP contribution is -2.35. The summed E-state index contributed by atoms with van der Waals surface area (Å²) in [4.78, 5) is 15.5. The second-order valence-electron chi connectivity index (χ2n) is 6.37. The molecule has 0 atom stereocenters. The highest BCUT2D eigenvalue weighted by Crippen LogP contribution is 2.22. The normalized spacial score (nSPS) is 11.8. The minimum Gasteiger partial charge on any atom is -0.396 e. The second kappa shape index (κ2) is 6.31. The van der Waals surface area contributed by atoms with Gasteiger partial charge in [-0.15, -0.1) is 0 Å². The zero-order chi connectivity index (χ0) is 15.5. The summed E-state index contributed by atoms with van der Waals surface area (Å²) in [6.45, 7) is 6.80. The third-order valence-electron chi connectivity index (χ3n) is 3.92. The van der Waals surface area contributed by atoms with Crippen LogP contribution in [0.4, 0.5) is 0 Å². The number of nitrogens with one attached hydrogen (secondary N) is 2. The molecule has 0 bridgehead atoms. The monoisotopic (exact) mass is 288 g/mol. The maximum atomic E-state index is 12.2. The van der Waals surface area contributed by atoms with Crippen LogP contribution in [-0.2, 0) is 11.2 Å². The Labute approximate surface area is 125 Å². The first-order valence-electron chi connectivity index (χ1n) is 7.37. The number of amides is 1. The number of hydrogen-bond donors (Lipinski definition) is 3. The highest BCUT2D eigenvalue weighted by atomic mass is 16.3. The standard InChI is InChI=1S/C17H24N2O2/c1-12-14(13-6-4-5-7-15(13)19-12)10-16(21)18-11-17(2,3)8-9-20/h4-7,19-20H,8-11H2,1-3H3,(H,18,21). The Kier molecular flexibility index (Phi) is 4.68. The van der Waals surface area contributed by atoms with Crippen LogP contribution in [0.2, 0.25) is 0 Å². The minimum absolute atomic E-state index is 0.0221. The lowest BCUT2D eigenvalue weighted by Gasteiger charge is -2.23. The fourth-order valence-corrected chi connectivity index (χ4v) is 2.51. The third kappa shape index (κ3) is 3.85. The molecule has 0 radical (unpaired) electrons. The minimum atomic E-state index is -0.0837. The van der Waals surface area contributed by atoms with Crippen molar-refractivity contribution in [3.63, 3.8) is 0 Å². The van der Waals surface area contributed by atoms with Crippen molar-refractivity contribution >= 4 is 16.8 Å². The summed E-state index contributed by atoms with van der Waals surface area (Å²) in [5.41, 5.74) is 3.09. The molecule has 1 heterocycles. The third-order valence-corrected chi connectivity index (χ3v) is 3.92. The Hall–Kier alpha value is -1.81. The van der Waals surface area contributed by atoms with E-state index < -0.39 is 0 Å². The molecule has 21 heavy (non-hydrogen) atoms. The molecule has 0 saturated carbocycles. The van der Waals surface area contributed by atoms with Gasteiger partial charge in [-0.2, -0.15) is 0 Å². The van der Waals surface area contributed by atoms with Crippen molar-refractivity contribution < 1.29 is 9.90 Å². The second-order valence-corrected chi connectivity index (χ2v) is 6.37. The fraction of sp³-hybridized carbons (Fsp3) is 0.471. The van der Waals surface area contributed by atoms with Gasteiger partial charge in [0.05, 0.1) is 6.42 Å². The number of carbonyl (C=O) groups is 1. The van der Waals surface area contributed by atoms with E-state index in [4.69, 9.17) is 5.11 Å². The topological polar surface area (TPSA) is 65.1 Å². The average Bonchev–Trinajstić information content (AvgIpc) is 2.73. The van der Waals surface area contributed by atoms with E-state index in [0.29, 0.717) is 19.4 Å². The fourth-order valence-electron chi connectivity index (χ4n) is 2.51. The van der Waals surface area contributed by atoms with E-state index in [-0.39, 0.29) is 17.9 Å². The van der Waals surface area contributed by atoms with Gasteiger partial charge in [0.25, 0.3) is 0 Å². The maximum absolute atomic E-state index is 12.2. The molecule has 0 aliphatic heterocycles. The van der Waals surface area contributed by atoms with Crippen LogP contribution < -0.4 is 5.32 Å². The van der Waals surface area contributed by atoms with Crippen molar-refractivity contribution in [2.75, 3.05) is 13.2 Å². The van der Waals surface area contributed by atoms with Gasteiger partial charge in [-0.25, -0.2) is 0 Å². The molecule has 1 aromatic heterocycles. The maximum Gasteiger partial charge on any atom is 0.224 e. The smallest absolute Gasteiger partial charge is 0.224 e. The first-order chi connectivity index (χ1) is 9.93. The molecule has 0 aliphatic carbocycles. The first-order valence-corrected chi connectivity index (χ1v) is 7.37. The number of hydrogen-bond acceptors (Lipinski definition) is 2. The molecule has 1 amide bonds. The van der Waals surface area contributed by atoms with E-state index in [1.54, 1.807) is 0 Å². The predicted molar refractivity (Wildman–Crippen MR) is 85.2 cm³/mol. The Morgan fingerprint density at radius 3 is 2.76 bits per heavy atom. The van der Waals surface area contributed by atoms with Crippen LogP contribution >= 0.6 is 0 Å². The van der Waals surface area contributed by atoms with Crippen molar-refractivity contribution in [2.45, 2.75) is 33.6 Å². The van der Waals surface area contributed by atoms with Gasteiger partial charge in [0, 0.05) is 29.7 Å². The van der Waals surface area contributed by atoms with Crippen molar-refractivity contribution in [3.05, 3.63) is 35.5 Å². The Morgan fingerprint density at radius 1 is 1.33 bits per heavy atom. The summed E-state index contributed by atoms with van der Waals surface area (Å²) in [5, 5.41) is 13.1. The number of rotatable bonds is 6. The van der Waals surface area contributed by atoms with Crippen LogP contribution in [0.3, 0.4) is 0 Å². The lowest BCUT2D eigenvalue weighted by molar-refractivity contribution is -0.120. The molecule has 2 aromatic rings. The lowest BCUT2D eigenvalue weighted by atomic mass is 9.89. The molecule has 0 unspecified atom stereocenters. The van der Waals surface area contributed by atoms with E-state index in [2.05, 4.69) is 10.3 Å². The van der Waals surface area contributed by atoms with Gasteiger partial charge in [-0.05, 0) is 30.4 Å². The molecular weight excluding hydrogens is 264 g/mol. The van der Waals surface area contributed by atoms with Crippen LogP contribution in [0.25, 0.3) is 10.9 Å². The molecule has 0 fully saturated rings. The number of para-hydroxylation sites is 1. The van der Waals surface area contributed by atoms with Gasteiger partial charge in [-0.3, -0.25) is 4.79 Å². The van der Waals surface area contributed by atoms with Gasteiger partial charge in [-0.1, -0.05) is 32.0 Å². The molecule has 0 spiro atoms. The summed E-state index contributed by atoms with van der Waals surface area (Å²) < 4.78 is 0. The number of aromatic nitrogens is 1. The van der Waals surface area contributed by atoms with Crippen LogP contribution in [0.1, 0.15) is 31.5 Å². The predicted octanol–water partition coefficient (Wildman–Crippen LogP) is 2.54. The van der Waals surface area contributed by atoms with E-state index >= 15 is 0 Å². The molecule has 0 aliphatic rings. The van der Waals surface area contributed by atoms with Crippen LogP contribution in [0.5, 0.6) is 0 Å². The van der Waals surface area contributed by atoms with Crippen molar-refractivity contribution in [3.8, 4) is 0 Å². The Bertz CT molecular complexity index is 629. The highest BCUT2D eigenvalue weighted by Gasteiger charge is 2.19. The SMILES string of the molecule is Cc1[nH]c2ccccc2c1CC(=O)NCC(C)(C)CCO. The zero-order valence-corrected chi connectivity index (χ0v) is 13.0. The van der Waals surface area contributed by atoms with Gasteiger partial charge in [0.1, 0.15) is 0 Å². The summed E-state index contributed by atoms with van der Waals surface area (Å²) >= 11 is 0. The molecule has 4 heteroatoms. The quantitative estimate of drug-likeness (QED) is 0.765. The first kappa shape index (κ1) is 15.6. The van der Waals surface area contributed by atoms with Crippen molar-refractivity contribution in [2.24, 2.45) is 5.41 Å². The Morgan fingerprint density at radius 2 is 2.05 bits per heavy atom. The van der Waals surface area contributed by atoms with E-state index in [0.717, 1.165) is 22.2 Å². The number of H-pyrrole nitrogens is 1. The van der Waals surface area contributed by atoms with Crippen LogP contribution in [-0.4, -0.2) is 29.1 Å². The van der Waals surface area contributed by atoms with Gasteiger partial charge >= 0.3 is 0 Å². The summed E-state index contributed by atoms with van der Waals surface area (Å²) in [6.07, 6.45) is 1.06. The summed E-state index contributed by atoms with van der Waals surface area (Å²) in [5.74, 6) is 0.0221. The number of aromatic amines is 1. The van der Waals surface area contributed by atoms with Crippen molar-refractivity contribution in [1.29, 1.82) is 0 Å². The number of carbonyl (C=O) groups excluding carboxylic acids is 1. The summed E-state index contributed by atoms with van der Waals surface area (Å²) in [6, 6.07) is 8.03. The molecule has 4 nitrogen and oxygen atoms in total. The van der Waals surface area contributed by atoms with Crippen LogP contribution in [0, 0.1) is 12.3 Å². The van der Waals surface area contributed by atoms with Crippen LogP contribution in [0.15, 0.2) is 24.3 Å². The number of aliphatic hydroxyl groups is 1. The average molecular weight is 288 g/mol. The van der Waals surface area contributed by atoms with E-state index in [1.807, 2.05) is 45.0 Å². The van der Waals surface area contributed by atoms with Gasteiger partial charge in [0.15, 0.2) is 0 Å². The zero-order valence-electron chi connectivity index (χ0n) is 13.0. The number of aliphatic hydroxyl groups excluding tert-OH is 1. The molecular formula is C17H24N2O2. The largest absolute Gasteiger partial charge is 0.396 e. The molecule has 2 rings (SSSR count). The number of aryl methyl sites for hydroxylation is 1. The number of fused-ring (bicyclic) bond motifs is 1.